The normalized spacial score (nSPS) is 20.3. The predicted molar refractivity (Wildman–Crippen MR) is 110 cm³/mol. The van der Waals surface area contributed by atoms with Crippen molar-refractivity contribution >= 4 is 6.09 Å². The fourth-order valence-corrected chi connectivity index (χ4v) is 3.10. The highest BCUT2D eigenvalue weighted by atomic mass is 16.6. The van der Waals surface area contributed by atoms with Crippen LogP contribution < -0.4 is 0 Å². The Kier molecular flexibility index (Phi) is 8.82. The molecular weight excluding hydrogens is 354 g/mol. The van der Waals surface area contributed by atoms with Crippen LogP contribution in [0.2, 0.25) is 0 Å². The summed E-state index contributed by atoms with van der Waals surface area (Å²) in [5, 5.41) is 0. The number of likely N-dealkylation sites (tertiary alicyclic amines) is 1. The average Bonchev–Trinajstić information content (AvgIpc) is 2.86. The monoisotopic (exact) mass is 387 g/mol. The third-order valence-corrected chi connectivity index (χ3v) is 4.47. The quantitative estimate of drug-likeness (QED) is 0.514. The molecule has 1 aromatic carbocycles. The second-order valence-electron chi connectivity index (χ2n) is 8.17. The van der Waals surface area contributed by atoms with Gasteiger partial charge in [0, 0.05) is 26.0 Å². The fraction of sp³-hybridized carbons (Fsp3) is 0.609. The Balaban J connectivity index is 1.96. The number of rotatable bonds is 7. The topological polar surface area (TPSA) is 48.0 Å². The van der Waals surface area contributed by atoms with Gasteiger partial charge < -0.3 is 19.1 Å². The summed E-state index contributed by atoms with van der Waals surface area (Å²) < 4.78 is 17.7. The van der Waals surface area contributed by atoms with Crippen LogP contribution in [-0.2, 0) is 20.8 Å². The Bertz CT molecular complexity index is 632. The van der Waals surface area contributed by atoms with Crippen molar-refractivity contribution in [2.75, 3.05) is 19.7 Å². The molecule has 2 atom stereocenters. The first kappa shape index (κ1) is 22.3. The minimum Gasteiger partial charge on any atom is -0.444 e. The van der Waals surface area contributed by atoms with Gasteiger partial charge in [-0.3, -0.25) is 0 Å². The lowest BCUT2D eigenvalue weighted by molar-refractivity contribution is -0.0221. The molecule has 154 valence electrons. The van der Waals surface area contributed by atoms with E-state index in [1.165, 1.54) is 0 Å². The van der Waals surface area contributed by atoms with E-state index in [-0.39, 0.29) is 18.3 Å². The van der Waals surface area contributed by atoms with Gasteiger partial charge in [-0.2, -0.15) is 0 Å². The molecule has 0 aromatic heterocycles. The number of carbonyl (C=O) groups excluding carboxylic acids is 1. The molecule has 5 heteroatoms. The number of carbonyl (C=O) groups is 1. The zero-order valence-electron chi connectivity index (χ0n) is 17.4. The Morgan fingerprint density at radius 3 is 2.64 bits per heavy atom. The van der Waals surface area contributed by atoms with Crippen LogP contribution in [0, 0.1) is 12.3 Å². The summed E-state index contributed by atoms with van der Waals surface area (Å²) in [6.45, 7) is 7.88. The summed E-state index contributed by atoms with van der Waals surface area (Å²) in [5.74, 6) is 2.63. The number of hydrogen-bond donors (Lipinski definition) is 0. The molecule has 2 rings (SSSR count). The highest BCUT2D eigenvalue weighted by molar-refractivity contribution is 5.68. The smallest absolute Gasteiger partial charge is 0.410 e. The zero-order chi connectivity index (χ0) is 20.4. The minimum atomic E-state index is -0.518. The van der Waals surface area contributed by atoms with Crippen LogP contribution in [0.15, 0.2) is 30.3 Å². The molecule has 0 radical (unpaired) electrons. The van der Waals surface area contributed by atoms with Crippen LogP contribution in [-0.4, -0.2) is 48.5 Å². The predicted octanol–water partition coefficient (Wildman–Crippen LogP) is 4.40. The zero-order valence-corrected chi connectivity index (χ0v) is 17.4. The van der Waals surface area contributed by atoms with Crippen molar-refractivity contribution < 1.29 is 19.0 Å². The summed E-state index contributed by atoms with van der Waals surface area (Å²) in [4.78, 5) is 14.3. The molecule has 0 N–H and O–H groups in total. The average molecular weight is 388 g/mol. The maximum absolute atomic E-state index is 12.6. The van der Waals surface area contributed by atoms with Gasteiger partial charge in [-0.1, -0.05) is 30.3 Å². The largest absolute Gasteiger partial charge is 0.444 e. The van der Waals surface area contributed by atoms with Gasteiger partial charge in [0.15, 0.2) is 0 Å². The van der Waals surface area contributed by atoms with Gasteiger partial charge in [-0.15, -0.1) is 12.3 Å². The van der Waals surface area contributed by atoms with Gasteiger partial charge in [0.25, 0.3) is 0 Å². The molecule has 1 aliphatic heterocycles. The molecule has 0 spiro atoms. The maximum Gasteiger partial charge on any atom is 0.410 e. The van der Waals surface area contributed by atoms with E-state index in [4.69, 9.17) is 20.6 Å². The van der Waals surface area contributed by atoms with Crippen LogP contribution in [0.5, 0.6) is 0 Å². The number of hydrogen-bond acceptors (Lipinski definition) is 4. The van der Waals surface area contributed by atoms with Crippen LogP contribution in [0.1, 0.15) is 52.0 Å². The highest BCUT2D eigenvalue weighted by Crippen LogP contribution is 2.21. The van der Waals surface area contributed by atoms with E-state index in [0.717, 1.165) is 24.8 Å². The number of benzene rings is 1. The summed E-state index contributed by atoms with van der Waals surface area (Å²) in [6.07, 6.45) is 7.98. The first-order valence-electron chi connectivity index (χ1n) is 10.1. The number of terminal acetylenes is 1. The standard InChI is InChI=1S/C23H33NO4/c1-5-6-10-15-26-21-16-20(27-18-19-11-8-7-9-12-19)13-14-24(17-21)22(25)28-23(2,3)4/h1,7-9,11-12,20-21H,6,10,13-18H2,2-4H3/t20-,21+/m1/s1. The van der Waals surface area contributed by atoms with E-state index in [2.05, 4.69) is 18.1 Å². The molecule has 1 amide bonds. The molecule has 1 saturated heterocycles. The molecule has 28 heavy (non-hydrogen) atoms. The Morgan fingerprint density at radius 1 is 1.21 bits per heavy atom. The van der Waals surface area contributed by atoms with Crippen LogP contribution in [0.4, 0.5) is 4.79 Å². The minimum absolute atomic E-state index is 0.0327. The van der Waals surface area contributed by atoms with Crippen molar-refractivity contribution in [3.63, 3.8) is 0 Å². The van der Waals surface area contributed by atoms with Crippen molar-refractivity contribution in [1.29, 1.82) is 0 Å². The molecule has 1 aliphatic rings. The van der Waals surface area contributed by atoms with Crippen molar-refractivity contribution in [3.05, 3.63) is 35.9 Å². The number of amides is 1. The first-order chi connectivity index (χ1) is 13.4. The molecule has 1 aromatic rings. The number of nitrogens with zero attached hydrogens (tertiary/aromatic N) is 1. The highest BCUT2D eigenvalue weighted by Gasteiger charge is 2.30. The second kappa shape index (κ2) is 11.1. The van der Waals surface area contributed by atoms with E-state index in [9.17, 15) is 4.79 Å². The Hall–Kier alpha value is -2.03. The summed E-state index contributed by atoms with van der Waals surface area (Å²) >= 11 is 0. The molecule has 5 nitrogen and oxygen atoms in total. The third-order valence-electron chi connectivity index (χ3n) is 4.47. The fourth-order valence-electron chi connectivity index (χ4n) is 3.10. The molecule has 1 fully saturated rings. The lowest BCUT2D eigenvalue weighted by atomic mass is 10.1. The van der Waals surface area contributed by atoms with E-state index in [1.54, 1.807) is 4.90 Å². The second-order valence-corrected chi connectivity index (χ2v) is 8.17. The summed E-state index contributed by atoms with van der Waals surface area (Å²) in [5.41, 5.74) is 0.623. The van der Waals surface area contributed by atoms with E-state index in [1.807, 2.05) is 39.0 Å². The van der Waals surface area contributed by atoms with E-state index >= 15 is 0 Å². The van der Waals surface area contributed by atoms with Gasteiger partial charge in [-0.05, 0) is 39.2 Å². The molecule has 0 saturated carbocycles. The van der Waals surface area contributed by atoms with Crippen LogP contribution in [0.3, 0.4) is 0 Å². The third kappa shape index (κ3) is 8.33. The summed E-state index contributed by atoms with van der Waals surface area (Å²) in [6, 6.07) is 10.1. The van der Waals surface area contributed by atoms with E-state index < -0.39 is 5.60 Å². The van der Waals surface area contributed by atoms with Gasteiger partial charge in [0.1, 0.15) is 5.60 Å². The van der Waals surface area contributed by atoms with E-state index in [0.29, 0.717) is 32.7 Å². The SMILES string of the molecule is C#CCCCO[C@H]1C[C@H](OCc2ccccc2)CCN(C(=O)OC(C)(C)C)C1. The van der Waals surface area contributed by atoms with Gasteiger partial charge >= 0.3 is 6.09 Å². The number of ether oxygens (including phenoxy) is 3. The molecule has 0 bridgehead atoms. The molecule has 0 unspecified atom stereocenters. The van der Waals surface area contributed by atoms with Gasteiger partial charge in [-0.25, -0.2) is 4.79 Å². The van der Waals surface area contributed by atoms with Crippen LogP contribution >= 0.6 is 0 Å². The molecule has 1 heterocycles. The van der Waals surface area contributed by atoms with Crippen molar-refractivity contribution in [3.8, 4) is 12.3 Å². The first-order valence-corrected chi connectivity index (χ1v) is 10.1. The van der Waals surface area contributed by atoms with Gasteiger partial charge in [0.2, 0.25) is 0 Å². The lowest BCUT2D eigenvalue weighted by Crippen LogP contribution is -2.41. The van der Waals surface area contributed by atoms with Crippen molar-refractivity contribution in [2.45, 2.75) is 70.9 Å². The maximum atomic E-state index is 12.6. The Morgan fingerprint density at radius 2 is 1.96 bits per heavy atom. The van der Waals surface area contributed by atoms with Crippen molar-refractivity contribution in [2.24, 2.45) is 0 Å². The summed E-state index contributed by atoms with van der Waals surface area (Å²) in [7, 11) is 0. The van der Waals surface area contributed by atoms with Crippen molar-refractivity contribution in [1.82, 2.24) is 4.90 Å². The molecule has 0 aliphatic carbocycles. The number of unbranched alkanes of at least 4 members (excludes halogenated alkanes) is 1. The van der Waals surface area contributed by atoms with Crippen LogP contribution in [0.25, 0.3) is 0 Å². The van der Waals surface area contributed by atoms with Gasteiger partial charge in [0.05, 0.1) is 25.4 Å². The lowest BCUT2D eigenvalue weighted by Gasteiger charge is -2.28. The Labute approximate surface area is 169 Å². The molecular formula is C23H33NO4.